The van der Waals surface area contributed by atoms with E-state index in [4.69, 9.17) is 24.9 Å². The molecule has 0 aliphatic rings. The third-order valence-corrected chi connectivity index (χ3v) is 30.0. The number of aromatic nitrogens is 7. The molecular formula is C143H89N7. The fraction of sp³-hybridized carbons (Fsp3) is 0. The average molecular weight is 1910 g/mol. The van der Waals surface area contributed by atoms with Gasteiger partial charge < -0.3 is 0 Å². The van der Waals surface area contributed by atoms with Crippen LogP contribution in [0, 0.1) is 0 Å². The van der Waals surface area contributed by atoms with Crippen LogP contribution in [0.25, 0.3) is 296 Å². The normalized spacial score (nSPS) is 11.6. The topological polar surface area (TPSA) is 90.2 Å². The molecule has 0 amide bonds. The second-order valence-corrected chi connectivity index (χ2v) is 38.9. The molecule has 7 heteroatoms. The minimum Gasteiger partial charge on any atom is -0.256 e. The van der Waals surface area contributed by atoms with Gasteiger partial charge >= 0.3 is 0 Å². The largest absolute Gasteiger partial charge is 0.256 e. The molecule has 23 aromatic carbocycles. The van der Waals surface area contributed by atoms with Crippen molar-refractivity contribution >= 4 is 162 Å². The van der Waals surface area contributed by atoms with Crippen molar-refractivity contribution in [2.45, 2.75) is 0 Å². The van der Waals surface area contributed by atoms with Gasteiger partial charge in [0, 0.05) is 90.5 Å². The number of pyridine rings is 7. The summed E-state index contributed by atoms with van der Waals surface area (Å²) in [6, 6.07) is 185. The lowest BCUT2D eigenvalue weighted by atomic mass is 9.90. The van der Waals surface area contributed by atoms with Crippen molar-refractivity contribution in [3.63, 3.8) is 0 Å². The van der Waals surface area contributed by atoms with E-state index in [0.717, 1.165) is 166 Å². The Morgan fingerprint density at radius 1 is 0.107 bits per heavy atom. The van der Waals surface area contributed by atoms with Crippen LogP contribution in [0.15, 0.2) is 540 Å². The predicted octanol–water partition coefficient (Wildman–Crippen LogP) is 38.1. The molecule has 696 valence electrons. The third kappa shape index (κ3) is 16.3. The second-order valence-electron chi connectivity index (χ2n) is 38.9. The molecule has 30 rings (SSSR count). The molecule has 0 saturated carbocycles. The van der Waals surface area contributed by atoms with Gasteiger partial charge in [0.1, 0.15) is 0 Å². The third-order valence-electron chi connectivity index (χ3n) is 30.0. The van der Waals surface area contributed by atoms with Gasteiger partial charge in [-0.1, -0.05) is 376 Å². The molecule has 0 aliphatic heterocycles. The van der Waals surface area contributed by atoms with Crippen LogP contribution >= 0.6 is 0 Å². The maximum absolute atomic E-state index is 5.30. The molecule has 7 nitrogen and oxygen atoms in total. The molecule has 0 unspecified atom stereocenters. The summed E-state index contributed by atoms with van der Waals surface area (Å²) in [5.74, 6) is 0. The van der Waals surface area contributed by atoms with Gasteiger partial charge in [-0.2, -0.15) is 0 Å². The molecule has 0 bridgehead atoms. The highest BCUT2D eigenvalue weighted by molar-refractivity contribution is 6.19. The SMILES string of the molecule is c1cc(-c2ccnc3ccccc23)cc(-c2cc(-c3ccc4ccccc4c3)nc3ccc(-c4cc5ccccc5c5ccccc45)cc23)c1.c1ccc2cc(-c3cc(-c4ccc(-c5cnc6ccccc6c5)cc4)c4cc(-c5cc6ccccc6c6ccccc56)ccc4n3)ccc2c1.c1ccc2cc(-c3cc(-c4ccc(-c5cnc6ccccc6c5)nc4)c4cc(-c5cc6ccccc6c6ccccc56)ccc4n3)ccc2c1. The summed E-state index contributed by atoms with van der Waals surface area (Å²) in [5, 5.41) is 29.1. The summed E-state index contributed by atoms with van der Waals surface area (Å²) in [6.45, 7) is 0. The van der Waals surface area contributed by atoms with E-state index in [2.05, 4.69) is 495 Å². The molecule has 0 aliphatic carbocycles. The molecule has 0 atom stereocenters. The maximum atomic E-state index is 5.30. The van der Waals surface area contributed by atoms with Crippen LogP contribution in [0.4, 0.5) is 0 Å². The molecule has 0 spiro atoms. The summed E-state index contributed by atoms with van der Waals surface area (Å²) in [6.07, 6.45) is 7.77. The summed E-state index contributed by atoms with van der Waals surface area (Å²) in [5.41, 5.74) is 32.4. The summed E-state index contributed by atoms with van der Waals surface area (Å²) < 4.78 is 0. The first kappa shape index (κ1) is 87.8. The van der Waals surface area contributed by atoms with Gasteiger partial charge in [-0.05, 0) is 314 Å². The van der Waals surface area contributed by atoms with Gasteiger partial charge in [-0.25, -0.2) is 15.0 Å². The van der Waals surface area contributed by atoms with Gasteiger partial charge in [-0.3, -0.25) is 19.9 Å². The number of hydrogen-bond donors (Lipinski definition) is 0. The first-order valence-electron chi connectivity index (χ1n) is 51.0. The number of nitrogens with zero attached hydrogens (tertiary/aromatic N) is 7. The Hall–Kier alpha value is -20.0. The van der Waals surface area contributed by atoms with Crippen LogP contribution in [0.1, 0.15) is 0 Å². The first-order valence-corrected chi connectivity index (χ1v) is 51.0. The van der Waals surface area contributed by atoms with Crippen molar-refractivity contribution in [2.24, 2.45) is 0 Å². The van der Waals surface area contributed by atoms with Crippen molar-refractivity contribution in [1.29, 1.82) is 0 Å². The Bertz CT molecular complexity index is 10300. The fourth-order valence-electron chi connectivity index (χ4n) is 22.5. The van der Waals surface area contributed by atoms with E-state index in [1.165, 1.54) is 130 Å². The summed E-state index contributed by atoms with van der Waals surface area (Å²) in [7, 11) is 0. The number of benzene rings is 23. The molecule has 0 radical (unpaired) electrons. The lowest BCUT2D eigenvalue weighted by molar-refractivity contribution is 1.30. The molecule has 7 heterocycles. The van der Waals surface area contributed by atoms with E-state index in [-0.39, 0.29) is 0 Å². The minimum atomic E-state index is 0.892. The predicted molar refractivity (Wildman–Crippen MR) is 632 cm³/mol. The fourth-order valence-corrected chi connectivity index (χ4v) is 22.5. The number of fused-ring (bicyclic) bond motifs is 18. The summed E-state index contributed by atoms with van der Waals surface area (Å²) in [4.78, 5) is 34.8. The van der Waals surface area contributed by atoms with Crippen molar-refractivity contribution in [2.75, 3.05) is 0 Å². The molecular weight excluding hydrogens is 1820 g/mol. The lowest BCUT2D eigenvalue weighted by Crippen LogP contribution is -1.93. The van der Waals surface area contributed by atoms with Crippen molar-refractivity contribution < 1.29 is 0 Å². The van der Waals surface area contributed by atoms with E-state index < -0.39 is 0 Å². The van der Waals surface area contributed by atoms with Gasteiger partial charge in [0.2, 0.25) is 0 Å². The smallest absolute Gasteiger partial charge is 0.0718 e. The highest BCUT2D eigenvalue weighted by Crippen LogP contribution is 2.47. The Labute approximate surface area is 865 Å². The molecule has 0 fully saturated rings. The Morgan fingerprint density at radius 2 is 0.407 bits per heavy atom. The second kappa shape index (κ2) is 37.3. The lowest BCUT2D eigenvalue weighted by Gasteiger charge is -2.15. The van der Waals surface area contributed by atoms with E-state index in [1.807, 2.05) is 55.1 Å². The van der Waals surface area contributed by atoms with E-state index in [1.54, 1.807) is 0 Å². The zero-order chi connectivity index (χ0) is 99.1. The van der Waals surface area contributed by atoms with Crippen LogP contribution in [-0.4, -0.2) is 34.9 Å². The van der Waals surface area contributed by atoms with Crippen molar-refractivity contribution in [3.8, 4) is 134 Å². The van der Waals surface area contributed by atoms with E-state index >= 15 is 0 Å². The Balaban J connectivity index is 0.000000108. The molecule has 7 aromatic heterocycles. The van der Waals surface area contributed by atoms with Crippen LogP contribution in [0.2, 0.25) is 0 Å². The number of hydrogen-bond acceptors (Lipinski definition) is 7. The molecule has 0 N–H and O–H groups in total. The number of para-hydroxylation sites is 3. The molecule has 0 saturated heterocycles. The monoisotopic (exact) mass is 1900 g/mol. The van der Waals surface area contributed by atoms with Crippen LogP contribution in [-0.2, 0) is 0 Å². The van der Waals surface area contributed by atoms with Crippen LogP contribution in [0.3, 0.4) is 0 Å². The van der Waals surface area contributed by atoms with Crippen molar-refractivity contribution in [1.82, 2.24) is 34.9 Å². The van der Waals surface area contributed by atoms with Crippen LogP contribution < -0.4 is 0 Å². The van der Waals surface area contributed by atoms with Gasteiger partial charge in [-0.15, -0.1) is 0 Å². The average Bonchev–Trinajstić information content (AvgIpc) is 0.752. The minimum absolute atomic E-state index is 0.892. The highest BCUT2D eigenvalue weighted by atomic mass is 14.7. The zero-order valence-electron chi connectivity index (χ0n) is 81.5. The van der Waals surface area contributed by atoms with E-state index in [9.17, 15) is 0 Å². The first-order chi connectivity index (χ1) is 74.3. The quantitative estimate of drug-likeness (QED) is 0.113. The number of rotatable bonds is 12. The van der Waals surface area contributed by atoms with Crippen molar-refractivity contribution in [3.05, 3.63) is 540 Å². The highest BCUT2D eigenvalue weighted by Gasteiger charge is 2.23. The Morgan fingerprint density at radius 3 is 0.840 bits per heavy atom. The zero-order valence-corrected chi connectivity index (χ0v) is 81.5. The molecule has 150 heavy (non-hydrogen) atoms. The van der Waals surface area contributed by atoms with Gasteiger partial charge in [0.15, 0.2) is 0 Å². The van der Waals surface area contributed by atoms with Crippen LogP contribution in [0.5, 0.6) is 0 Å². The maximum Gasteiger partial charge on any atom is 0.0718 e. The van der Waals surface area contributed by atoms with Gasteiger partial charge in [0.05, 0.1) is 55.9 Å². The summed E-state index contributed by atoms with van der Waals surface area (Å²) >= 11 is 0. The Kier molecular flexibility index (Phi) is 21.8. The standard InChI is InChI=1S/2C48H30N2.C47H29N3/c1-2-10-34-25-38(22-19-31(34)9-1)48-29-44(33-20-17-32(18-21-33)39-26-37-12-4-8-16-46(37)49-30-39)45-28-36(23-24-47(45)50-48)43-27-35-11-3-5-13-40(35)41-14-6-7-15-42(41)43;1-2-11-32-26-37(21-20-31(32)10-1)48-30-44(34-14-9-13-33(27-34)39-24-25-49-46-19-8-7-18-42(39)46)45-29-36(22-23-47(45)50-48)43-28-35-12-3-4-15-38(35)40-16-5-6-17-41(40)43;1-2-10-31-23-35(18-17-30(31)9-1)47-27-42(36-20-21-45(48-28-36)37-24-34-12-4-8-16-44(34)49-29-37)43-26-33(19-22-46(43)50-47)41-25-32-11-3-5-13-38(32)39-14-6-7-15-40(39)41/h2*1-30H;1-29H. The van der Waals surface area contributed by atoms with Gasteiger partial charge in [0.25, 0.3) is 0 Å². The molecule has 30 aromatic rings. The van der Waals surface area contributed by atoms with E-state index in [0.29, 0.717) is 0 Å².